The Bertz CT molecular complexity index is 456. The average molecular weight is 278 g/mol. The maximum Gasteiger partial charge on any atom is 0.339 e. The Kier molecular flexibility index (Phi) is 5.35. The van der Waals surface area contributed by atoms with Gasteiger partial charge in [-0.15, -0.1) is 0 Å². The number of rotatable bonds is 6. The number of ether oxygens (including phenoxy) is 1. The molecule has 0 bridgehead atoms. The molecule has 1 saturated carbocycles. The van der Waals surface area contributed by atoms with Gasteiger partial charge in [-0.05, 0) is 31.9 Å². The quantitative estimate of drug-likeness (QED) is 0.783. The molecule has 5 nitrogen and oxygen atoms in total. The maximum absolute atomic E-state index is 11.1. The third-order valence-corrected chi connectivity index (χ3v) is 3.57. The summed E-state index contributed by atoms with van der Waals surface area (Å²) in [5.74, 6) is -0.544. The number of carboxylic acid groups (broad SMARTS) is 1. The standard InChI is InChI=1S/C15H22N2O3/c1-11-7-8-13(15(18)19)14(17-11)16-9-10-20-12-5-3-2-4-6-12/h7-8,12H,2-6,9-10H2,1H3,(H,16,17)(H,18,19). The predicted molar refractivity (Wildman–Crippen MR) is 77.2 cm³/mol. The number of aromatic nitrogens is 1. The Labute approximate surface area is 119 Å². The normalized spacial score (nSPS) is 16.1. The molecule has 0 amide bonds. The second-order valence-corrected chi connectivity index (χ2v) is 5.21. The molecule has 1 heterocycles. The molecule has 5 heteroatoms. The van der Waals surface area contributed by atoms with Crippen LogP contribution >= 0.6 is 0 Å². The summed E-state index contributed by atoms with van der Waals surface area (Å²) in [6, 6.07) is 3.28. The van der Waals surface area contributed by atoms with Crippen molar-refractivity contribution < 1.29 is 14.6 Å². The van der Waals surface area contributed by atoms with Gasteiger partial charge in [0.05, 0.1) is 12.7 Å². The molecule has 0 aliphatic heterocycles. The Morgan fingerprint density at radius 3 is 2.85 bits per heavy atom. The Morgan fingerprint density at radius 1 is 1.40 bits per heavy atom. The van der Waals surface area contributed by atoms with Crippen LogP contribution in [0.25, 0.3) is 0 Å². The fraction of sp³-hybridized carbons (Fsp3) is 0.600. The highest BCUT2D eigenvalue weighted by molar-refractivity contribution is 5.93. The SMILES string of the molecule is Cc1ccc(C(=O)O)c(NCCOC2CCCCC2)n1. The van der Waals surface area contributed by atoms with Crippen molar-refractivity contribution in [2.45, 2.75) is 45.1 Å². The van der Waals surface area contributed by atoms with Gasteiger partial charge in [0.25, 0.3) is 0 Å². The molecule has 0 aromatic carbocycles. The smallest absolute Gasteiger partial charge is 0.339 e. The van der Waals surface area contributed by atoms with Crippen molar-refractivity contribution in [1.29, 1.82) is 0 Å². The Balaban J connectivity index is 1.81. The summed E-state index contributed by atoms with van der Waals surface area (Å²) in [5, 5.41) is 12.2. The van der Waals surface area contributed by atoms with Crippen molar-refractivity contribution in [3.63, 3.8) is 0 Å². The highest BCUT2D eigenvalue weighted by atomic mass is 16.5. The van der Waals surface area contributed by atoms with Gasteiger partial charge in [0.15, 0.2) is 0 Å². The first-order chi connectivity index (χ1) is 9.66. The van der Waals surface area contributed by atoms with Crippen LogP contribution in [-0.2, 0) is 4.74 Å². The fourth-order valence-electron chi connectivity index (χ4n) is 2.49. The van der Waals surface area contributed by atoms with Gasteiger partial charge in [0.2, 0.25) is 0 Å². The van der Waals surface area contributed by atoms with Crippen molar-refractivity contribution in [2.24, 2.45) is 0 Å². The minimum absolute atomic E-state index is 0.202. The zero-order valence-corrected chi connectivity index (χ0v) is 11.9. The van der Waals surface area contributed by atoms with Gasteiger partial charge < -0.3 is 15.2 Å². The topological polar surface area (TPSA) is 71.5 Å². The summed E-state index contributed by atoms with van der Waals surface area (Å²) >= 11 is 0. The minimum atomic E-state index is -0.965. The summed E-state index contributed by atoms with van der Waals surface area (Å²) in [4.78, 5) is 15.3. The number of nitrogens with zero attached hydrogens (tertiary/aromatic N) is 1. The molecule has 20 heavy (non-hydrogen) atoms. The lowest BCUT2D eigenvalue weighted by atomic mass is 9.98. The summed E-state index contributed by atoms with van der Waals surface area (Å²) in [7, 11) is 0. The number of aryl methyl sites for hydroxylation is 1. The average Bonchev–Trinajstić information content (AvgIpc) is 2.44. The van der Waals surface area contributed by atoms with Crippen molar-refractivity contribution in [1.82, 2.24) is 4.98 Å². The first-order valence-corrected chi connectivity index (χ1v) is 7.23. The van der Waals surface area contributed by atoms with E-state index in [1.807, 2.05) is 6.92 Å². The second kappa shape index (κ2) is 7.24. The van der Waals surface area contributed by atoms with E-state index in [2.05, 4.69) is 10.3 Å². The van der Waals surface area contributed by atoms with E-state index < -0.39 is 5.97 Å². The highest BCUT2D eigenvalue weighted by Gasteiger charge is 2.14. The third kappa shape index (κ3) is 4.20. The van der Waals surface area contributed by atoms with Crippen LogP contribution < -0.4 is 5.32 Å². The van der Waals surface area contributed by atoms with E-state index in [1.165, 1.54) is 19.3 Å². The molecule has 2 rings (SSSR count). The third-order valence-electron chi connectivity index (χ3n) is 3.57. The largest absolute Gasteiger partial charge is 0.478 e. The van der Waals surface area contributed by atoms with Crippen LogP contribution in [0.2, 0.25) is 0 Å². The fourth-order valence-corrected chi connectivity index (χ4v) is 2.49. The van der Waals surface area contributed by atoms with Gasteiger partial charge in [0, 0.05) is 12.2 Å². The van der Waals surface area contributed by atoms with Crippen LogP contribution in [0, 0.1) is 6.92 Å². The zero-order chi connectivity index (χ0) is 14.4. The van der Waals surface area contributed by atoms with E-state index >= 15 is 0 Å². The van der Waals surface area contributed by atoms with Crippen molar-refractivity contribution in [3.8, 4) is 0 Å². The van der Waals surface area contributed by atoms with Gasteiger partial charge in [0.1, 0.15) is 11.4 Å². The lowest BCUT2D eigenvalue weighted by Gasteiger charge is -2.22. The van der Waals surface area contributed by atoms with Gasteiger partial charge in [-0.3, -0.25) is 0 Å². The molecule has 0 atom stereocenters. The van der Waals surface area contributed by atoms with Gasteiger partial charge in [-0.2, -0.15) is 0 Å². The second-order valence-electron chi connectivity index (χ2n) is 5.21. The molecule has 0 spiro atoms. The lowest BCUT2D eigenvalue weighted by molar-refractivity contribution is 0.0347. The van der Waals surface area contributed by atoms with Crippen LogP contribution in [0.15, 0.2) is 12.1 Å². The first kappa shape index (κ1) is 14.8. The molecule has 1 aromatic heterocycles. The molecule has 1 aliphatic rings. The molecule has 0 saturated heterocycles. The number of hydrogen-bond donors (Lipinski definition) is 2. The molecular formula is C15H22N2O3. The minimum Gasteiger partial charge on any atom is -0.478 e. The Hall–Kier alpha value is -1.62. The molecule has 110 valence electrons. The summed E-state index contributed by atoms with van der Waals surface area (Å²) < 4.78 is 5.80. The summed E-state index contributed by atoms with van der Waals surface area (Å²) in [5.41, 5.74) is 0.999. The number of carboxylic acids is 1. The van der Waals surface area contributed by atoms with Gasteiger partial charge in [-0.25, -0.2) is 9.78 Å². The summed E-state index contributed by atoms with van der Waals surface area (Å²) in [6.45, 7) is 3.00. The van der Waals surface area contributed by atoms with E-state index in [0.717, 1.165) is 18.5 Å². The van der Waals surface area contributed by atoms with Crippen LogP contribution in [-0.4, -0.2) is 35.3 Å². The number of hydrogen-bond acceptors (Lipinski definition) is 4. The monoisotopic (exact) mass is 278 g/mol. The Morgan fingerprint density at radius 2 is 2.15 bits per heavy atom. The molecule has 0 radical (unpaired) electrons. The number of pyridine rings is 1. The zero-order valence-electron chi connectivity index (χ0n) is 11.9. The molecule has 1 aromatic rings. The lowest BCUT2D eigenvalue weighted by Crippen LogP contribution is -2.21. The summed E-state index contributed by atoms with van der Waals surface area (Å²) in [6.07, 6.45) is 6.47. The highest BCUT2D eigenvalue weighted by Crippen LogP contribution is 2.20. The molecular weight excluding hydrogens is 256 g/mol. The molecule has 0 unspecified atom stereocenters. The van der Waals surface area contributed by atoms with Crippen LogP contribution in [0.3, 0.4) is 0 Å². The van der Waals surface area contributed by atoms with Crippen LogP contribution in [0.1, 0.15) is 48.2 Å². The molecule has 1 fully saturated rings. The predicted octanol–water partition coefficient (Wildman–Crippen LogP) is 2.85. The van der Waals surface area contributed by atoms with Crippen molar-refractivity contribution >= 4 is 11.8 Å². The van der Waals surface area contributed by atoms with E-state index in [9.17, 15) is 4.79 Å². The first-order valence-electron chi connectivity index (χ1n) is 7.23. The van der Waals surface area contributed by atoms with Gasteiger partial charge >= 0.3 is 5.97 Å². The van der Waals surface area contributed by atoms with E-state index in [1.54, 1.807) is 12.1 Å². The maximum atomic E-state index is 11.1. The van der Waals surface area contributed by atoms with E-state index in [0.29, 0.717) is 25.1 Å². The molecule has 2 N–H and O–H groups in total. The van der Waals surface area contributed by atoms with Gasteiger partial charge in [-0.1, -0.05) is 19.3 Å². The van der Waals surface area contributed by atoms with Crippen LogP contribution in [0.4, 0.5) is 5.82 Å². The number of carbonyl (C=O) groups is 1. The number of aromatic carboxylic acids is 1. The van der Waals surface area contributed by atoms with Crippen LogP contribution in [0.5, 0.6) is 0 Å². The van der Waals surface area contributed by atoms with Crippen molar-refractivity contribution in [3.05, 3.63) is 23.4 Å². The van der Waals surface area contributed by atoms with E-state index in [4.69, 9.17) is 9.84 Å². The van der Waals surface area contributed by atoms with E-state index in [-0.39, 0.29) is 5.56 Å². The number of nitrogens with one attached hydrogen (secondary N) is 1. The number of anilines is 1. The molecule has 1 aliphatic carbocycles. The van der Waals surface area contributed by atoms with Crippen molar-refractivity contribution in [2.75, 3.05) is 18.5 Å².